The number of nitrogens with one attached hydrogen (secondary N) is 1. The van der Waals surface area contributed by atoms with Gasteiger partial charge >= 0.3 is 0 Å². The molecule has 0 amide bonds. The Morgan fingerprint density at radius 2 is 1.94 bits per heavy atom. The summed E-state index contributed by atoms with van der Waals surface area (Å²) in [5.41, 5.74) is 1.27. The van der Waals surface area contributed by atoms with E-state index in [0.29, 0.717) is 0 Å². The molecule has 0 spiro atoms. The van der Waals surface area contributed by atoms with Gasteiger partial charge in [-0.3, -0.25) is 0 Å². The van der Waals surface area contributed by atoms with Crippen molar-refractivity contribution in [2.24, 2.45) is 0 Å². The van der Waals surface area contributed by atoms with Crippen LogP contribution in [0.3, 0.4) is 0 Å². The molecule has 0 aliphatic carbocycles. The second kappa shape index (κ2) is 6.14. The summed E-state index contributed by atoms with van der Waals surface area (Å²) in [7, 11) is 0. The van der Waals surface area contributed by atoms with Crippen LogP contribution < -0.4 is 5.32 Å². The zero-order valence-corrected chi connectivity index (χ0v) is 13.4. The highest BCUT2D eigenvalue weighted by Gasteiger charge is 2.14. The van der Waals surface area contributed by atoms with Gasteiger partial charge in [0.2, 0.25) is 0 Å². The van der Waals surface area contributed by atoms with Crippen molar-refractivity contribution in [3.63, 3.8) is 0 Å². The minimum absolute atomic E-state index is 0.272. The fraction of sp³-hybridized carbons (Fsp3) is 0.231. The quantitative estimate of drug-likeness (QED) is 0.796. The van der Waals surface area contributed by atoms with Gasteiger partial charge in [-0.1, -0.05) is 44.8 Å². The molecule has 0 saturated heterocycles. The predicted molar refractivity (Wildman–Crippen MR) is 81.7 cm³/mol. The van der Waals surface area contributed by atoms with Crippen molar-refractivity contribution < 1.29 is 0 Å². The van der Waals surface area contributed by atoms with Crippen LogP contribution >= 0.6 is 43.2 Å². The summed E-state index contributed by atoms with van der Waals surface area (Å²) in [6.07, 6.45) is 0. The Hall–Kier alpha value is -0.160. The van der Waals surface area contributed by atoms with Gasteiger partial charge in [0.15, 0.2) is 0 Å². The Morgan fingerprint density at radius 1 is 1.24 bits per heavy atom. The lowest BCUT2D eigenvalue weighted by molar-refractivity contribution is 0.639. The van der Waals surface area contributed by atoms with Gasteiger partial charge in [-0.15, -0.1) is 11.3 Å². The molecule has 0 aliphatic heterocycles. The largest absolute Gasteiger partial charge is 0.306 e. The fourth-order valence-corrected chi connectivity index (χ4v) is 3.94. The van der Waals surface area contributed by atoms with Crippen LogP contribution in [0.5, 0.6) is 0 Å². The van der Waals surface area contributed by atoms with E-state index >= 15 is 0 Å². The molecule has 0 radical (unpaired) electrons. The number of hydrogen-bond donors (Lipinski definition) is 1. The molecular weight excluding hydrogens is 362 g/mol. The van der Waals surface area contributed by atoms with E-state index in [0.717, 1.165) is 15.5 Å². The summed E-state index contributed by atoms with van der Waals surface area (Å²) in [5, 5.41) is 5.64. The highest BCUT2D eigenvalue weighted by Crippen LogP contribution is 2.30. The molecule has 90 valence electrons. The van der Waals surface area contributed by atoms with Crippen molar-refractivity contribution in [3.8, 4) is 0 Å². The van der Waals surface area contributed by atoms with Crippen LogP contribution in [0.25, 0.3) is 0 Å². The molecule has 1 heterocycles. The lowest BCUT2D eigenvalue weighted by Crippen LogP contribution is -2.21. The van der Waals surface area contributed by atoms with Gasteiger partial charge in [0.05, 0.1) is 6.04 Å². The molecule has 1 N–H and O–H groups in total. The smallest absolute Gasteiger partial charge is 0.0671 e. The predicted octanol–water partition coefficient (Wildman–Crippen LogP) is 4.97. The van der Waals surface area contributed by atoms with Crippen molar-refractivity contribution in [3.05, 3.63) is 55.1 Å². The molecular formula is C13H13Br2NS. The average molecular weight is 375 g/mol. The van der Waals surface area contributed by atoms with Gasteiger partial charge in [0, 0.05) is 13.8 Å². The van der Waals surface area contributed by atoms with Crippen molar-refractivity contribution in [2.75, 3.05) is 6.54 Å². The van der Waals surface area contributed by atoms with E-state index in [1.165, 1.54) is 10.4 Å². The zero-order valence-electron chi connectivity index (χ0n) is 9.41. The summed E-state index contributed by atoms with van der Waals surface area (Å²) in [4.78, 5) is 1.34. The first kappa shape index (κ1) is 13.3. The van der Waals surface area contributed by atoms with Gasteiger partial charge in [-0.25, -0.2) is 0 Å². The molecule has 17 heavy (non-hydrogen) atoms. The first-order chi connectivity index (χ1) is 8.20. The first-order valence-electron chi connectivity index (χ1n) is 5.43. The van der Waals surface area contributed by atoms with Crippen molar-refractivity contribution in [1.82, 2.24) is 5.32 Å². The van der Waals surface area contributed by atoms with Crippen molar-refractivity contribution in [1.29, 1.82) is 0 Å². The normalized spacial score (nSPS) is 12.6. The van der Waals surface area contributed by atoms with E-state index in [2.05, 4.69) is 79.8 Å². The maximum absolute atomic E-state index is 3.54. The molecule has 1 atom stereocenters. The second-order valence-electron chi connectivity index (χ2n) is 3.71. The third kappa shape index (κ3) is 3.41. The fourth-order valence-electron chi connectivity index (χ4n) is 1.78. The topological polar surface area (TPSA) is 12.0 Å². The first-order valence-corrected chi connectivity index (χ1v) is 7.90. The van der Waals surface area contributed by atoms with Crippen LogP contribution in [0.15, 0.2) is 44.7 Å². The zero-order chi connectivity index (χ0) is 12.3. The Bertz CT molecular complexity index is 462. The van der Waals surface area contributed by atoms with Gasteiger partial charge in [-0.2, -0.15) is 0 Å². The molecule has 4 heteroatoms. The molecule has 1 nitrogen and oxygen atoms in total. The summed E-state index contributed by atoms with van der Waals surface area (Å²) in [5.74, 6) is 0. The monoisotopic (exact) mass is 373 g/mol. The number of hydrogen-bond acceptors (Lipinski definition) is 2. The van der Waals surface area contributed by atoms with Crippen LogP contribution in [0, 0.1) is 0 Å². The van der Waals surface area contributed by atoms with Gasteiger partial charge in [0.25, 0.3) is 0 Å². The lowest BCUT2D eigenvalue weighted by Gasteiger charge is -2.17. The van der Waals surface area contributed by atoms with Crippen LogP contribution in [-0.2, 0) is 0 Å². The van der Waals surface area contributed by atoms with Gasteiger partial charge in [-0.05, 0) is 41.8 Å². The second-order valence-corrected chi connectivity index (χ2v) is 6.52. The van der Waals surface area contributed by atoms with E-state index in [1.807, 2.05) is 0 Å². The van der Waals surface area contributed by atoms with Crippen LogP contribution in [-0.4, -0.2) is 6.54 Å². The molecule has 0 aliphatic rings. The maximum atomic E-state index is 3.54. The molecule has 0 saturated carbocycles. The summed E-state index contributed by atoms with van der Waals surface area (Å²) in [6, 6.07) is 10.9. The minimum atomic E-state index is 0.272. The molecule has 0 bridgehead atoms. The van der Waals surface area contributed by atoms with E-state index in [9.17, 15) is 0 Å². The average Bonchev–Trinajstić information content (AvgIpc) is 2.77. The Morgan fingerprint density at radius 3 is 2.47 bits per heavy atom. The van der Waals surface area contributed by atoms with Crippen LogP contribution in [0.1, 0.15) is 23.4 Å². The lowest BCUT2D eigenvalue weighted by atomic mass is 10.1. The number of thiophene rings is 1. The Labute approximate surface area is 123 Å². The summed E-state index contributed by atoms with van der Waals surface area (Å²) in [6.45, 7) is 3.08. The van der Waals surface area contributed by atoms with E-state index in [-0.39, 0.29) is 6.04 Å². The molecule has 1 aromatic heterocycles. The molecule has 2 aromatic rings. The summed E-state index contributed by atoms with van der Waals surface area (Å²) >= 11 is 8.87. The van der Waals surface area contributed by atoms with E-state index < -0.39 is 0 Å². The molecule has 0 fully saturated rings. The van der Waals surface area contributed by atoms with Crippen molar-refractivity contribution in [2.45, 2.75) is 13.0 Å². The summed E-state index contributed by atoms with van der Waals surface area (Å²) < 4.78 is 2.20. The number of benzene rings is 1. The molecule has 1 aromatic carbocycles. The number of rotatable bonds is 4. The standard InChI is InChI=1S/C13H13Br2NS/c1-2-16-13(12-4-3-5-17-12)9-6-10(14)8-11(15)7-9/h3-8,13,16H,2H2,1H3. The maximum Gasteiger partial charge on any atom is 0.0671 e. The molecule has 2 rings (SSSR count). The van der Waals surface area contributed by atoms with Gasteiger partial charge < -0.3 is 5.32 Å². The highest BCUT2D eigenvalue weighted by molar-refractivity contribution is 9.11. The van der Waals surface area contributed by atoms with Crippen LogP contribution in [0.4, 0.5) is 0 Å². The Balaban J connectivity index is 2.38. The minimum Gasteiger partial charge on any atom is -0.306 e. The Kier molecular flexibility index (Phi) is 4.79. The van der Waals surface area contributed by atoms with E-state index in [4.69, 9.17) is 0 Å². The third-order valence-corrected chi connectivity index (χ3v) is 4.31. The van der Waals surface area contributed by atoms with Crippen molar-refractivity contribution >= 4 is 43.2 Å². The molecule has 1 unspecified atom stereocenters. The van der Waals surface area contributed by atoms with Gasteiger partial charge in [0.1, 0.15) is 0 Å². The van der Waals surface area contributed by atoms with E-state index in [1.54, 1.807) is 11.3 Å². The SMILES string of the molecule is CCNC(c1cc(Br)cc(Br)c1)c1cccs1. The third-order valence-electron chi connectivity index (χ3n) is 2.45. The van der Waals surface area contributed by atoms with Crippen LogP contribution in [0.2, 0.25) is 0 Å². The highest BCUT2D eigenvalue weighted by atomic mass is 79.9. The number of halogens is 2.